The summed E-state index contributed by atoms with van der Waals surface area (Å²) in [6.07, 6.45) is -0.393. The van der Waals surface area contributed by atoms with Crippen molar-refractivity contribution in [3.8, 4) is 4.31 Å². The number of ether oxygens (including phenoxy) is 1. The Labute approximate surface area is 80.3 Å². The van der Waals surface area contributed by atoms with Crippen LogP contribution in [0, 0.1) is 4.31 Å². The van der Waals surface area contributed by atoms with Crippen LogP contribution < -0.4 is 5.32 Å². The lowest BCUT2D eigenvalue weighted by Gasteiger charge is -2.16. The zero-order valence-corrected chi connectivity index (χ0v) is 10.1. The molecule has 0 aromatic rings. The highest BCUT2D eigenvalue weighted by atomic mass is 127. The van der Waals surface area contributed by atoms with Crippen LogP contribution in [0.1, 0.15) is 20.8 Å². The van der Waals surface area contributed by atoms with E-state index in [0.717, 1.165) is 0 Å². The summed E-state index contributed by atoms with van der Waals surface area (Å²) in [5, 5.41) is 2.69. The lowest BCUT2D eigenvalue weighted by Crippen LogP contribution is -2.30. The molecule has 1 amide bonds. The summed E-state index contributed by atoms with van der Waals surface area (Å²) in [6.45, 7) is 6.10. The molecule has 4 heteroatoms. The fourth-order valence-corrected chi connectivity index (χ4v) is 3.43. The maximum absolute atomic E-state index is 10.8. The van der Waals surface area contributed by atoms with Gasteiger partial charge in [0.25, 0.3) is 0 Å². The fraction of sp³-hybridized carbons (Fsp3) is 0.750. The van der Waals surface area contributed by atoms with Crippen LogP contribution in [0.25, 0.3) is 0 Å². The van der Waals surface area contributed by atoms with Crippen molar-refractivity contribution in [1.29, 1.82) is 0 Å². The van der Waals surface area contributed by atoms with Crippen LogP contribution in [0.3, 0.4) is 0 Å². The van der Waals surface area contributed by atoms with Crippen molar-refractivity contribution in [2.45, 2.75) is 28.7 Å². The third-order valence-corrected chi connectivity index (χ3v) is 6.73. The first kappa shape index (κ1) is 11.8. The standard InChI is InChI=1S/C8H16INO2/c1-6(2)9(4)7(3)10-8(11)12-5/h4,6-7H,1-3,5H3,(H,10,11)/t7-/m1/s1. The molecule has 0 radical (unpaired) electrons. The third kappa shape index (κ3) is 3.97. The lowest BCUT2D eigenvalue weighted by molar-refractivity contribution is 0.171. The number of carbonyl (C=O) groups excluding carboxylic acids is 1. The third-order valence-electron chi connectivity index (χ3n) is 1.38. The van der Waals surface area contributed by atoms with Crippen LogP contribution in [-0.2, 0) is 4.74 Å². The van der Waals surface area contributed by atoms with E-state index < -0.39 is 25.2 Å². The molecule has 0 heterocycles. The number of rotatable bonds is 1. The first-order valence-corrected chi connectivity index (χ1v) is 7.48. The number of carbonyl (C=O) groups is 1. The number of methoxy groups -OCH3 is 1. The summed E-state index contributed by atoms with van der Waals surface area (Å²) in [4.78, 5) is 10.8. The number of halogens is 1. The van der Waals surface area contributed by atoms with Crippen LogP contribution in [0.5, 0.6) is 0 Å². The number of alkyl carbamates (subject to hydrolysis) is 1. The van der Waals surface area contributed by atoms with E-state index in [1.165, 1.54) is 7.11 Å². The zero-order valence-electron chi connectivity index (χ0n) is 7.93. The summed E-state index contributed by atoms with van der Waals surface area (Å²) in [5.41, 5.74) is 0. The van der Waals surface area contributed by atoms with E-state index in [-0.39, 0.29) is 4.05 Å². The maximum Gasteiger partial charge on any atom is 0.407 e. The van der Waals surface area contributed by atoms with Gasteiger partial charge in [0.1, 0.15) is 0 Å². The molecule has 1 atom stereocenters. The van der Waals surface area contributed by atoms with Crippen molar-refractivity contribution in [2.24, 2.45) is 0 Å². The summed E-state index contributed by atoms with van der Waals surface area (Å²) >= 11 is -1.52. The van der Waals surface area contributed by atoms with Crippen LogP contribution in [0.2, 0.25) is 0 Å². The van der Waals surface area contributed by atoms with E-state index in [9.17, 15) is 4.79 Å². The van der Waals surface area contributed by atoms with Gasteiger partial charge >= 0.3 is 6.09 Å². The Morgan fingerprint density at radius 3 is 2.33 bits per heavy atom. The topological polar surface area (TPSA) is 38.3 Å². The highest BCUT2D eigenvalue weighted by Crippen LogP contribution is 2.29. The molecule has 0 aliphatic rings. The van der Waals surface area contributed by atoms with E-state index in [1.807, 2.05) is 6.92 Å². The van der Waals surface area contributed by atoms with Crippen LogP contribution >= 0.6 is 19.1 Å². The Morgan fingerprint density at radius 2 is 2.00 bits per heavy atom. The Morgan fingerprint density at radius 1 is 1.50 bits per heavy atom. The van der Waals surface area contributed by atoms with Gasteiger partial charge in [0.15, 0.2) is 0 Å². The molecule has 0 saturated carbocycles. The summed E-state index contributed by atoms with van der Waals surface area (Å²) in [7, 11) is 1.35. The quantitative estimate of drug-likeness (QED) is 0.455. The molecule has 0 spiro atoms. The first-order chi connectivity index (χ1) is 5.49. The molecule has 0 aromatic heterocycles. The normalized spacial score (nSPS) is 13.1. The molecule has 0 aromatic carbocycles. The number of hydrogen-bond acceptors (Lipinski definition) is 2. The number of hydrogen-bond donors (Lipinski definition) is 1. The Bertz CT molecular complexity index is 217. The SMILES string of the molecule is C#I(C(C)C)[C@@H](C)NC(=O)OC. The summed E-state index contributed by atoms with van der Waals surface area (Å²) < 4.78 is 11.0. The van der Waals surface area contributed by atoms with Gasteiger partial charge in [-0.1, -0.05) is 13.8 Å². The van der Waals surface area contributed by atoms with Crippen molar-refractivity contribution < 1.29 is 9.53 Å². The van der Waals surface area contributed by atoms with Gasteiger partial charge < -0.3 is 10.1 Å². The Hall–Kier alpha value is -0.220. The van der Waals surface area contributed by atoms with Gasteiger partial charge in [0.05, 0.1) is 11.2 Å². The molecule has 0 unspecified atom stereocenters. The van der Waals surface area contributed by atoms with E-state index in [0.29, 0.717) is 3.92 Å². The zero-order chi connectivity index (χ0) is 9.72. The van der Waals surface area contributed by atoms with Crippen molar-refractivity contribution >= 4 is 25.2 Å². The molecule has 0 fully saturated rings. The first-order valence-electron chi connectivity index (χ1n) is 3.74. The molecule has 3 nitrogen and oxygen atoms in total. The number of alkyl halides is 2. The molecule has 72 valence electrons. The monoisotopic (exact) mass is 285 g/mol. The van der Waals surface area contributed by atoms with Gasteiger partial charge in [0.2, 0.25) is 0 Å². The number of nitrogens with one attached hydrogen (secondary N) is 1. The molecular weight excluding hydrogens is 269 g/mol. The highest BCUT2D eigenvalue weighted by Gasteiger charge is 2.10. The van der Waals surface area contributed by atoms with E-state index in [1.54, 1.807) is 0 Å². The van der Waals surface area contributed by atoms with Gasteiger partial charge in [-0.2, -0.15) is 0 Å². The van der Waals surface area contributed by atoms with Gasteiger partial charge in [-0.3, -0.25) is 0 Å². The average molecular weight is 285 g/mol. The maximum atomic E-state index is 10.8. The van der Waals surface area contributed by atoms with Crippen LogP contribution in [0.15, 0.2) is 0 Å². The summed E-state index contributed by atoms with van der Waals surface area (Å²) in [5.74, 6) is 0. The number of amides is 1. The Balaban J connectivity index is 3.98. The molecule has 0 aliphatic carbocycles. The molecule has 12 heavy (non-hydrogen) atoms. The predicted molar refractivity (Wildman–Crippen MR) is 59.1 cm³/mol. The van der Waals surface area contributed by atoms with Gasteiger partial charge in [-0.05, 0) is 6.92 Å². The lowest BCUT2D eigenvalue weighted by atomic mass is 10.6. The van der Waals surface area contributed by atoms with Crippen LogP contribution in [-0.4, -0.2) is 21.2 Å². The largest absolute Gasteiger partial charge is 0.453 e. The molecule has 1 N–H and O–H groups in total. The minimum absolute atomic E-state index is 0.0987. The minimum atomic E-state index is -1.52. The highest BCUT2D eigenvalue weighted by molar-refractivity contribution is 14.2. The van der Waals surface area contributed by atoms with Crippen LogP contribution in [0.4, 0.5) is 4.79 Å². The molecule has 0 aliphatic heterocycles. The van der Waals surface area contributed by atoms with Crippen molar-refractivity contribution in [3.05, 3.63) is 0 Å². The molecule has 0 rings (SSSR count). The van der Waals surface area contributed by atoms with E-state index >= 15 is 0 Å². The Kier molecular flexibility index (Phi) is 5.33. The molecule has 0 bridgehead atoms. The predicted octanol–water partition coefficient (Wildman–Crippen LogP) is 2.19. The van der Waals surface area contributed by atoms with E-state index in [2.05, 4.69) is 23.9 Å². The van der Waals surface area contributed by atoms with Crippen molar-refractivity contribution in [2.75, 3.05) is 7.11 Å². The van der Waals surface area contributed by atoms with Gasteiger partial charge in [-0.15, -0.1) is 23.5 Å². The second-order valence-corrected chi connectivity index (χ2v) is 9.16. The van der Waals surface area contributed by atoms with Crippen molar-refractivity contribution in [3.63, 3.8) is 0 Å². The smallest absolute Gasteiger partial charge is 0.407 e. The van der Waals surface area contributed by atoms with E-state index in [4.69, 9.17) is 4.31 Å². The average Bonchev–Trinajstić information content (AvgIpc) is 2.02. The minimum Gasteiger partial charge on any atom is -0.453 e. The molecular formula is C8H16INO2. The van der Waals surface area contributed by atoms with Gasteiger partial charge in [0, 0.05) is 3.92 Å². The molecule has 0 saturated heterocycles. The second-order valence-electron chi connectivity index (χ2n) is 2.64. The van der Waals surface area contributed by atoms with Crippen molar-refractivity contribution in [1.82, 2.24) is 5.32 Å². The second kappa shape index (κ2) is 5.43. The summed E-state index contributed by atoms with van der Waals surface area (Å²) in [6, 6.07) is 0. The fourth-order valence-electron chi connectivity index (χ4n) is 0.662. The van der Waals surface area contributed by atoms with Gasteiger partial charge in [-0.25, -0.2) is 4.79 Å².